The van der Waals surface area contributed by atoms with Crippen molar-refractivity contribution in [2.24, 2.45) is 0 Å². The highest BCUT2D eigenvalue weighted by Crippen LogP contribution is 2.32. The maximum absolute atomic E-state index is 13.6. The average molecular weight is 289 g/mol. The van der Waals surface area contributed by atoms with E-state index in [9.17, 15) is 12.8 Å². The minimum absolute atomic E-state index is 0.128. The van der Waals surface area contributed by atoms with Crippen LogP contribution in [-0.4, -0.2) is 36.3 Å². The summed E-state index contributed by atoms with van der Waals surface area (Å²) >= 11 is 1.74. The van der Waals surface area contributed by atoms with Gasteiger partial charge in [-0.05, 0) is 26.0 Å². The predicted molar refractivity (Wildman–Crippen MR) is 71.7 cm³/mol. The van der Waals surface area contributed by atoms with Gasteiger partial charge < -0.3 is 0 Å². The molecule has 2 rings (SSSR count). The molecular formula is C12H16FNO2S2. The minimum atomic E-state index is -3.72. The second-order valence-electron chi connectivity index (χ2n) is 4.88. The third-order valence-corrected chi connectivity index (χ3v) is 6.02. The van der Waals surface area contributed by atoms with Crippen LogP contribution in [0.1, 0.15) is 13.8 Å². The van der Waals surface area contributed by atoms with E-state index in [0.29, 0.717) is 13.1 Å². The van der Waals surface area contributed by atoms with Gasteiger partial charge in [-0.2, -0.15) is 16.1 Å². The molecule has 0 aromatic heterocycles. The van der Waals surface area contributed by atoms with Crippen molar-refractivity contribution in [3.05, 3.63) is 30.1 Å². The second kappa shape index (κ2) is 4.83. The highest BCUT2D eigenvalue weighted by atomic mass is 32.2. The molecule has 0 amide bonds. The van der Waals surface area contributed by atoms with Crippen LogP contribution in [0.3, 0.4) is 0 Å². The van der Waals surface area contributed by atoms with E-state index in [2.05, 4.69) is 0 Å². The third-order valence-electron chi connectivity index (χ3n) is 2.85. The van der Waals surface area contributed by atoms with Crippen molar-refractivity contribution in [2.75, 3.05) is 18.8 Å². The summed E-state index contributed by atoms with van der Waals surface area (Å²) in [7, 11) is -3.72. The third kappa shape index (κ3) is 2.70. The maximum Gasteiger partial charge on any atom is 0.246 e. The van der Waals surface area contributed by atoms with Crippen LogP contribution in [0.5, 0.6) is 0 Å². The molecule has 3 nitrogen and oxygen atoms in total. The Labute approximate surface area is 111 Å². The Balaban J connectivity index is 2.35. The van der Waals surface area contributed by atoms with Gasteiger partial charge in [0.2, 0.25) is 10.0 Å². The molecule has 1 fully saturated rings. The molecule has 18 heavy (non-hydrogen) atoms. The molecule has 0 N–H and O–H groups in total. The molecule has 100 valence electrons. The van der Waals surface area contributed by atoms with E-state index in [1.54, 1.807) is 17.8 Å². The van der Waals surface area contributed by atoms with Crippen LogP contribution in [0.15, 0.2) is 29.2 Å². The lowest BCUT2D eigenvalue weighted by Gasteiger charge is -2.36. The van der Waals surface area contributed by atoms with E-state index in [0.717, 1.165) is 5.75 Å². The first-order valence-electron chi connectivity index (χ1n) is 5.72. The zero-order valence-corrected chi connectivity index (χ0v) is 12.0. The summed E-state index contributed by atoms with van der Waals surface area (Å²) in [6.07, 6.45) is 0. The van der Waals surface area contributed by atoms with Gasteiger partial charge in [-0.1, -0.05) is 12.1 Å². The normalized spacial score (nSPS) is 20.8. The summed E-state index contributed by atoms with van der Waals surface area (Å²) in [6.45, 7) is 4.85. The lowest BCUT2D eigenvalue weighted by Crippen LogP contribution is -2.46. The summed E-state index contributed by atoms with van der Waals surface area (Å²) in [5.41, 5.74) is 0. The first-order valence-corrected chi connectivity index (χ1v) is 8.14. The van der Waals surface area contributed by atoms with Gasteiger partial charge in [0.05, 0.1) is 0 Å². The Hall–Kier alpha value is -0.590. The molecule has 1 saturated heterocycles. The lowest BCUT2D eigenvalue weighted by molar-refractivity contribution is 0.385. The highest BCUT2D eigenvalue weighted by Gasteiger charge is 2.35. The van der Waals surface area contributed by atoms with Crippen molar-refractivity contribution in [2.45, 2.75) is 23.5 Å². The van der Waals surface area contributed by atoms with Gasteiger partial charge in [-0.15, -0.1) is 0 Å². The smallest absolute Gasteiger partial charge is 0.207 e. The summed E-state index contributed by atoms with van der Waals surface area (Å²) < 4.78 is 39.6. The number of hydrogen-bond donors (Lipinski definition) is 0. The zero-order valence-electron chi connectivity index (χ0n) is 10.4. The molecule has 0 radical (unpaired) electrons. The number of halogens is 1. The van der Waals surface area contributed by atoms with Crippen molar-refractivity contribution in [1.82, 2.24) is 4.31 Å². The maximum atomic E-state index is 13.6. The quantitative estimate of drug-likeness (QED) is 0.838. The zero-order chi connectivity index (χ0) is 13.4. The fourth-order valence-electron chi connectivity index (χ4n) is 1.97. The number of hydrogen-bond acceptors (Lipinski definition) is 3. The molecule has 1 aliphatic rings. The molecule has 0 saturated carbocycles. The first-order chi connectivity index (χ1) is 8.33. The summed E-state index contributed by atoms with van der Waals surface area (Å²) in [5, 5.41) is 0. The number of nitrogens with zero attached hydrogens (tertiary/aromatic N) is 1. The average Bonchev–Trinajstić information content (AvgIpc) is 2.28. The van der Waals surface area contributed by atoms with Crippen molar-refractivity contribution >= 4 is 21.8 Å². The fraction of sp³-hybridized carbons (Fsp3) is 0.500. The van der Waals surface area contributed by atoms with Gasteiger partial charge in [-0.25, -0.2) is 12.8 Å². The van der Waals surface area contributed by atoms with Crippen LogP contribution in [0.25, 0.3) is 0 Å². The minimum Gasteiger partial charge on any atom is -0.207 e. The van der Waals surface area contributed by atoms with Crippen molar-refractivity contribution < 1.29 is 12.8 Å². The molecule has 0 aliphatic carbocycles. The van der Waals surface area contributed by atoms with E-state index in [1.165, 1.54) is 22.5 Å². The molecule has 1 heterocycles. The molecule has 0 unspecified atom stereocenters. The topological polar surface area (TPSA) is 37.4 Å². The van der Waals surface area contributed by atoms with Gasteiger partial charge in [-0.3, -0.25) is 0 Å². The molecule has 6 heteroatoms. The molecular weight excluding hydrogens is 273 g/mol. The summed E-state index contributed by atoms with van der Waals surface area (Å²) in [6, 6.07) is 5.53. The van der Waals surface area contributed by atoms with E-state index in [1.807, 2.05) is 13.8 Å². The van der Waals surface area contributed by atoms with E-state index in [-0.39, 0.29) is 9.64 Å². The van der Waals surface area contributed by atoms with Crippen LogP contribution in [0, 0.1) is 5.82 Å². The monoisotopic (exact) mass is 289 g/mol. The van der Waals surface area contributed by atoms with Crippen LogP contribution >= 0.6 is 11.8 Å². The van der Waals surface area contributed by atoms with Crippen molar-refractivity contribution in [3.8, 4) is 0 Å². The number of rotatable bonds is 2. The molecule has 0 bridgehead atoms. The van der Waals surface area contributed by atoms with Crippen LogP contribution in [0.4, 0.5) is 4.39 Å². The highest BCUT2D eigenvalue weighted by molar-refractivity contribution is 8.00. The predicted octanol–water partition coefficient (Wildman–Crippen LogP) is 2.34. The van der Waals surface area contributed by atoms with E-state index < -0.39 is 15.8 Å². The molecule has 0 atom stereocenters. The molecule has 1 aromatic carbocycles. The molecule has 0 spiro atoms. The van der Waals surface area contributed by atoms with Gasteiger partial charge in [0.15, 0.2) is 0 Å². The number of benzene rings is 1. The van der Waals surface area contributed by atoms with E-state index >= 15 is 0 Å². The summed E-state index contributed by atoms with van der Waals surface area (Å²) in [4.78, 5) is -0.229. The van der Waals surface area contributed by atoms with E-state index in [4.69, 9.17) is 0 Å². The Morgan fingerprint density at radius 2 is 2.00 bits per heavy atom. The van der Waals surface area contributed by atoms with Crippen LogP contribution in [0.2, 0.25) is 0 Å². The van der Waals surface area contributed by atoms with Crippen LogP contribution < -0.4 is 0 Å². The second-order valence-corrected chi connectivity index (χ2v) is 8.59. The molecule has 1 aromatic rings. The van der Waals surface area contributed by atoms with Gasteiger partial charge in [0.1, 0.15) is 10.7 Å². The van der Waals surface area contributed by atoms with Gasteiger partial charge >= 0.3 is 0 Å². The van der Waals surface area contributed by atoms with Crippen molar-refractivity contribution in [1.29, 1.82) is 0 Å². The Kier molecular flexibility index (Phi) is 3.71. The Bertz CT molecular complexity index is 543. The van der Waals surface area contributed by atoms with Crippen molar-refractivity contribution in [3.63, 3.8) is 0 Å². The SMILES string of the molecule is CC1(C)CN(S(=O)(=O)c2ccccc2F)CCS1. The Morgan fingerprint density at radius 3 is 2.61 bits per heavy atom. The van der Waals surface area contributed by atoms with Gasteiger partial charge in [0, 0.05) is 23.6 Å². The number of sulfonamides is 1. The standard InChI is InChI=1S/C12H16FNO2S2/c1-12(2)9-14(7-8-17-12)18(15,16)11-6-4-3-5-10(11)13/h3-6H,7-9H2,1-2H3. The summed E-state index contributed by atoms with van der Waals surface area (Å²) in [5.74, 6) is 0.0502. The van der Waals surface area contributed by atoms with Crippen LogP contribution in [-0.2, 0) is 10.0 Å². The Morgan fingerprint density at radius 1 is 1.33 bits per heavy atom. The molecule has 1 aliphatic heterocycles. The largest absolute Gasteiger partial charge is 0.246 e. The lowest BCUT2D eigenvalue weighted by atomic mass is 10.2. The number of thioether (sulfide) groups is 1. The fourth-order valence-corrected chi connectivity index (χ4v) is 4.95. The van der Waals surface area contributed by atoms with Gasteiger partial charge in [0.25, 0.3) is 0 Å². The first kappa shape index (κ1) is 13.8.